The van der Waals surface area contributed by atoms with E-state index in [4.69, 9.17) is 21.4 Å². The maximum absolute atomic E-state index is 12.6. The van der Waals surface area contributed by atoms with Gasteiger partial charge in [-0.1, -0.05) is 11.6 Å². The number of nitrogens with zero attached hydrogens (tertiary/aromatic N) is 2. The molecule has 0 bridgehead atoms. The van der Waals surface area contributed by atoms with Gasteiger partial charge in [0.2, 0.25) is 0 Å². The molecular formula is C14H15ClN2O6. The van der Waals surface area contributed by atoms with Crippen LogP contribution in [0.2, 0.25) is 5.02 Å². The third-order valence-corrected chi connectivity index (χ3v) is 4.09. The van der Waals surface area contributed by atoms with Crippen molar-refractivity contribution in [1.29, 1.82) is 0 Å². The molecule has 0 radical (unpaired) electrons. The van der Waals surface area contributed by atoms with Crippen LogP contribution in [0.25, 0.3) is 0 Å². The summed E-state index contributed by atoms with van der Waals surface area (Å²) in [5.74, 6) is -1.48. The Bertz CT molecular complexity index is 650. The van der Waals surface area contributed by atoms with E-state index in [1.165, 1.54) is 24.1 Å². The molecule has 1 aliphatic heterocycles. The second kappa shape index (κ2) is 6.93. The van der Waals surface area contributed by atoms with Crippen LogP contribution in [0, 0.1) is 10.1 Å². The molecule has 124 valence electrons. The van der Waals surface area contributed by atoms with Crippen molar-refractivity contribution in [2.45, 2.75) is 25.0 Å². The van der Waals surface area contributed by atoms with E-state index in [0.717, 1.165) is 6.07 Å². The summed E-state index contributed by atoms with van der Waals surface area (Å²) < 4.78 is 5.21. The third-order valence-electron chi connectivity index (χ3n) is 3.77. The van der Waals surface area contributed by atoms with Gasteiger partial charge in [-0.2, -0.15) is 0 Å². The Kier molecular flexibility index (Phi) is 5.17. The standard InChI is InChI=1S/C14H15ClN2O6/c1-23-10-4-9(6-13(18)19)16(7-10)14(20)11-3-2-8(17(21)22)5-12(11)15/h2-3,5,9-10H,4,6-7H2,1H3,(H,18,19). The molecule has 1 amide bonds. The molecule has 1 saturated heterocycles. The molecule has 1 aromatic rings. The molecule has 1 heterocycles. The average Bonchev–Trinajstić information content (AvgIpc) is 2.88. The molecule has 2 unspecified atom stereocenters. The number of halogens is 1. The van der Waals surface area contributed by atoms with Crippen molar-refractivity contribution in [3.8, 4) is 0 Å². The Morgan fingerprint density at radius 3 is 2.74 bits per heavy atom. The Balaban J connectivity index is 2.27. The fraction of sp³-hybridized carbons (Fsp3) is 0.429. The van der Waals surface area contributed by atoms with Crippen molar-refractivity contribution in [3.05, 3.63) is 38.9 Å². The van der Waals surface area contributed by atoms with Crippen molar-refractivity contribution in [3.63, 3.8) is 0 Å². The van der Waals surface area contributed by atoms with Crippen LogP contribution in [0.15, 0.2) is 18.2 Å². The summed E-state index contributed by atoms with van der Waals surface area (Å²) in [5, 5.41) is 19.6. The van der Waals surface area contributed by atoms with Gasteiger partial charge in [0, 0.05) is 31.8 Å². The molecule has 1 aromatic carbocycles. The SMILES string of the molecule is COC1CC(CC(=O)O)N(C(=O)c2ccc([N+](=O)[O-])cc2Cl)C1. The van der Waals surface area contributed by atoms with Crippen LogP contribution in [-0.2, 0) is 9.53 Å². The van der Waals surface area contributed by atoms with Crippen LogP contribution >= 0.6 is 11.6 Å². The number of carbonyl (C=O) groups is 2. The van der Waals surface area contributed by atoms with Crippen LogP contribution in [0.5, 0.6) is 0 Å². The molecule has 0 spiro atoms. The number of ether oxygens (including phenoxy) is 1. The highest BCUT2D eigenvalue weighted by Crippen LogP contribution is 2.29. The Morgan fingerprint density at radius 2 is 2.22 bits per heavy atom. The molecule has 1 fully saturated rings. The summed E-state index contributed by atoms with van der Waals surface area (Å²) in [7, 11) is 1.50. The summed E-state index contributed by atoms with van der Waals surface area (Å²) >= 11 is 5.97. The van der Waals surface area contributed by atoms with Gasteiger partial charge in [0.1, 0.15) is 0 Å². The first-order valence-corrected chi connectivity index (χ1v) is 7.20. The maximum Gasteiger partial charge on any atom is 0.305 e. The van der Waals surface area contributed by atoms with E-state index in [2.05, 4.69) is 0 Å². The van der Waals surface area contributed by atoms with Gasteiger partial charge in [-0.15, -0.1) is 0 Å². The first kappa shape index (κ1) is 17.2. The Labute approximate surface area is 136 Å². The fourth-order valence-corrected chi connectivity index (χ4v) is 2.89. The minimum absolute atomic E-state index is 0.0425. The summed E-state index contributed by atoms with van der Waals surface area (Å²) in [6.07, 6.45) is -0.0323. The fourth-order valence-electron chi connectivity index (χ4n) is 2.63. The lowest BCUT2D eigenvalue weighted by molar-refractivity contribution is -0.384. The summed E-state index contributed by atoms with van der Waals surface area (Å²) in [6.45, 7) is 0.251. The molecule has 0 aromatic heterocycles. The molecule has 2 atom stereocenters. The summed E-state index contributed by atoms with van der Waals surface area (Å²) in [6, 6.07) is 3.07. The lowest BCUT2D eigenvalue weighted by atomic mass is 10.1. The van der Waals surface area contributed by atoms with Crippen LogP contribution in [0.4, 0.5) is 5.69 Å². The molecule has 8 nitrogen and oxygen atoms in total. The van der Waals surface area contributed by atoms with Crippen molar-refractivity contribution in [1.82, 2.24) is 4.90 Å². The highest BCUT2D eigenvalue weighted by molar-refractivity contribution is 6.34. The van der Waals surface area contributed by atoms with Crippen LogP contribution in [-0.4, -0.2) is 52.6 Å². The van der Waals surface area contributed by atoms with E-state index in [9.17, 15) is 19.7 Å². The van der Waals surface area contributed by atoms with Crippen LogP contribution in [0.1, 0.15) is 23.2 Å². The zero-order valence-corrected chi connectivity index (χ0v) is 13.0. The van der Waals surface area contributed by atoms with Crippen molar-refractivity contribution in [2.75, 3.05) is 13.7 Å². The van der Waals surface area contributed by atoms with Gasteiger partial charge in [0.25, 0.3) is 11.6 Å². The van der Waals surface area contributed by atoms with E-state index in [1.54, 1.807) is 0 Å². The number of nitro groups is 1. The van der Waals surface area contributed by atoms with Gasteiger partial charge in [-0.25, -0.2) is 0 Å². The number of carbonyl (C=O) groups excluding carboxylic acids is 1. The summed E-state index contributed by atoms with van der Waals surface area (Å²) in [5.41, 5.74) is -0.116. The van der Waals surface area contributed by atoms with E-state index >= 15 is 0 Å². The number of rotatable bonds is 5. The number of benzene rings is 1. The maximum atomic E-state index is 12.6. The van der Waals surface area contributed by atoms with Gasteiger partial charge in [-0.05, 0) is 12.5 Å². The highest BCUT2D eigenvalue weighted by Gasteiger charge is 2.37. The Hall–Kier alpha value is -2.19. The molecule has 23 heavy (non-hydrogen) atoms. The predicted octanol–water partition coefficient (Wildman–Crippen LogP) is 1.95. The molecular weight excluding hydrogens is 328 g/mol. The lowest BCUT2D eigenvalue weighted by Crippen LogP contribution is -2.37. The number of hydrogen-bond donors (Lipinski definition) is 1. The highest BCUT2D eigenvalue weighted by atomic mass is 35.5. The van der Waals surface area contributed by atoms with E-state index < -0.39 is 22.8 Å². The number of amides is 1. The zero-order valence-electron chi connectivity index (χ0n) is 12.3. The molecule has 1 aliphatic rings. The van der Waals surface area contributed by atoms with E-state index in [1.807, 2.05) is 0 Å². The number of carboxylic acids is 1. The van der Waals surface area contributed by atoms with Gasteiger partial charge < -0.3 is 14.7 Å². The number of methoxy groups -OCH3 is 1. The predicted molar refractivity (Wildman–Crippen MR) is 80.6 cm³/mol. The van der Waals surface area contributed by atoms with Gasteiger partial charge in [0.05, 0.1) is 28.0 Å². The average molecular weight is 343 g/mol. The van der Waals surface area contributed by atoms with Gasteiger partial charge in [-0.3, -0.25) is 19.7 Å². The number of non-ortho nitro benzene ring substituents is 1. The van der Waals surface area contributed by atoms with E-state index in [0.29, 0.717) is 6.42 Å². The second-order valence-electron chi connectivity index (χ2n) is 5.22. The molecule has 0 aliphatic carbocycles. The third kappa shape index (κ3) is 3.77. The van der Waals surface area contributed by atoms with Crippen molar-refractivity contribution < 1.29 is 24.4 Å². The summed E-state index contributed by atoms with van der Waals surface area (Å²) in [4.78, 5) is 35.1. The smallest absolute Gasteiger partial charge is 0.305 e. The van der Waals surface area contributed by atoms with Crippen molar-refractivity contribution in [2.24, 2.45) is 0 Å². The second-order valence-corrected chi connectivity index (χ2v) is 5.63. The number of likely N-dealkylation sites (tertiary alicyclic amines) is 1. The molecule has 2 rings (SSSR count). The molecule has 1 N–H and O–H groups in total. The van der Waals surface area contributed by atoms with Gasteiger partial charge >= 0.3 is 5.97 Å². The number of hydrogen-bond acceptors (Lipinski definition) is 5. The monoisotopic (exact) mass is 342 g/mol. The molecule has 9 heteroatoms. The molecule has 0 saturated carbocycles. The van der Waals surface area contributed by atoms with Crippen LogP contribution < -0.4 is 0 Å². The lowest BCUT2D eigenvalue weighted by Gasteiger charge is -2.23. The minimum atomic E-state index is -1.01. The van der Waals surface area contributed by atoms with Crippen molar-refractivity contribution >= 4 is 29.2 Å². The minimum Gasteiger partial charge on any atom is -0.481 e. The number of carboxylic acid groups (broad SMARTS) is 1. The van der Waals surface area contributed by atoms with Crippen LogP contribution in [0.3, 0.4) is 0 Å². The number of nitro benzene ring substituents is 1. The normalized spacial score (nSPS) is 20.5. The Morgan fingerprint density at radius 1 is 1.52 bits per heavy atom. The zero-order chi connectivity index (χ0) is 17.1. The number of aliphatic carboxylic acids is 1. The van der Waals surface area contributed by atoms with E-state index in [-0.39, 0.29) is 35.3 Å². The quantitative estimate of drug-likeness (QED) is 0.647. The van der Waals surface area contributed by atoms with Gasteiger partial charge in [0.15, 0.2) is 0 Å². The topological polar surface area (TPSA) is 110 Å². The first-order chi connectivity index (χ1) is 10.8. The largest absolute Gasteiger partial charge is 0.481 e. The first-order valence-electron chi connectivity index (χ1n) is 6.83.